The third-order valence-corrected chi connectivity index (χ3v) is 2.43. The van der Waals surface area contributed by atoms with Crippen molar-refractivity contribution in [3.8, 4) is 12.0 Å². The molecule has 0 aromatic heterocycles. The Kier molecular flexibility index (Phi) is 2.57. The molecule has 0 fully saturated rings. The highest BCUT2D eigenvalue weighted by atomic mass is 16.5. The van der Waals surface area contributed by atoms with Crippen LogP contribution < -0.4 is 4.74 Å². The third-order valence-electron chi connectivity index (χ3n) is 2.43. The fourth-order valence-corrected chi connectivity index (χ4v) is 1.46. The van der Waals surface area contributed by atoms with E-state index < -0.39 is 0 Å². The van der Waals surface area contributed by atoms with Gasteiger partial charge < -0.3 is 4.74 Å². The molecule has 0 saturated heterocycles. The van der Waals surface area contributed by atoms with E-state index in [1.807, 2.05) is 26.8 Å². The van der Waals surface area contributed by atoms with Crippen molar-refractivity contribution in [3.05, 3.63) is 28.3 Å². The lowest BCUT2D eigenvalue weighted by atomic mass is 10.00. The van der Waals surface area contributed by atoms with Crippen LogP contribution in [0.3, 0.4) is 0 Å². The fraction of sp³-hybridized carbons (Fsp3) is 0.364. The number of nitriles is 1. The molecular formula is C11H13NO. The molecule has 0 radical (unpaired) electrons. The van der Waals surface area contributed by atoms with Gasteiger partial charge in [0.25, 0.3) is 6.26 Å². The maximum atomic E-state index is 8.46. The predicted molar refractivity (Wildman–Crippen MR) is 51.6 cm³/mol. The van der Waals surface area contributed by atoms with Crippen molar-refractivity contribution >= 4 is 0 Å². The van der Waals surface area contributed by atoms with Crippen molar-refractivity contribution < 1.29 is 4.74 Å². The zero-order chi connectivity index (χ0) is 10.0. The van der Waals surface area contributed by atoms with E-state index in [2.05, 4.69) is 6.92 Å². The molecular weight excluding hydrogens is 162 g/mol. The minimum Gasteiger partial charge on any atom is -0.387 e. The minimum absolute atomic E-state index is 0.700. The van der Waals surface area contributed by atoms with Crippen molar-refractivity contribution in [2.75, 3.05) is 0 Å². The second-order valence-electron chi connectivity index (χ2n) is 3.28. The standard InChI is InChI=1S/C11H13NO/c1-7-5-8(2)11(13-6-12)10(4)9(7)3/h5H,1-4H3. The van der Waals surface area contributed by atoms with Crippen LogP contribution in [0.15, 0.2) is 6.07 Å². The van der Waals surface area contributed by atoms with Gasteiger partial charge in [-0.1, -0.05) is 6.07 Å². The van der Waals surface area contributed by atoms with Crippen molar-refractivity contribution in [3.63, 3.8) is 0 Å². The van der Waals surface area contributed by atoms with Crippen LogP contribution >= 0.6 is 0 Å². The van der Waals surface area contributed by atoms with Gasteiger partial charge in [0.2, 0.25) is 0 Å². The van der Waals surface area contributed by atoms with E-state index >= 15 is 0 Å². The van der Waals surface area contributed by atoms with E-state index in [0.29, 0.717) is 5.75 Å². The Morgan fingerprint density at radius 3 is 2.23 bits per heavy atom. The quantitative estimate of drug-likeness (QED) is 0.615. The zero-order valence-electron chi connectivity index (χ0n) is 8.43. The fourth-order valence-electron chi connectivity index (χ4n) is 1.46. The van der Waals surface area contributed by atoms with Crippen molar-refractivity contribution in [2.24, 2.45) is 0 Å². The molecule has 0 N–H and O–H groups in total. The molecule has 0 bridgehead atoms. The molecule has 1 rings (SSSR count). The summed E-state index contributed by atoms with van der Waals surface area (Å²) >= 11 is 0. The lowest BCUT2D eigenvalue weighted by molar-refractivity contribution is 0.498. The molecule has 2 heteroatoms. The topological polar surface area (TPSA) is 33.0 Å². The normalized spacial score (nSPS) is 9.46. The lowest BCUT2D eigenvalue weighted by Gasteiger charge is -2.11. The molecule has 0 saturated carbocycles. The average Bonchev–Trinajstić information content (AvgIpc) is 2.09. The third kappa shape index (κ3) is 1.65. The van der Waals surface area contributed by atoms with Crippen LogP contribution in [0.5, 0.6) is 5.75 Å². The van der Waals surface area contributed by atoms with Crippen molar-refractivity contribution in [1.29, 1.82) is 5.26 Å². The van der Waals surface area contributed by atoms with E-state index in [4.69, 9.17) is 10.00 Å². The van der Waals surface area contributed by atoms with Crippen LogP contribution in [0, 0.1) is 39.2 Å². The minimum atomic E-state index is 0.700. The highest BCUT2D eigenvalue weighted by Gasteiger charge is 2.08. The number of hydrogen-bond donors (Lipinski definition) is 0. The smallest absolute Gasteiger partial charge is 0.292 e. The average molecular weight is 175 g/mol. The number of nitrogens with zero attached hydrogens (tertiary/aromatic N) is 1. The Hall–Kier alpha value is -1.49. The molecule has 0 aliphatic heterocycles. The van der Waals surface area contributed by atoms with Gasteiger partial charge in [-0.25, -0.2) is 0 Å². The van der Waals surface area contributed by atoms with Crippen LogP contribution in [-0.4, -0.2) is 0 Å². The lowest BCUT2D eigenvalue weighted by Crippen LogP contribution is -1.95. The molecule has 2 nitrogen and oxygen atoms in total. The van der Waals surface area contributed by atoms with Crippen LogP contribution in [0.1, 0.15) is 22.3 Å². The number of benzene rings is 1. The van der Waals surface area contributed by atoms with Crippen molar-refractivity contribution in [1.82, 2.24) is 0 Å². The van der Waals surface area contributed by atoms with E-state index in [1.54, 1.807) is 6.26 Å². The summed E-state index contributed by atoms with van der Waals surface area (Å²) in [4.78, 5) is 0. The van der Waals surface area contributed by atoms with Crippen molar-refractivity contribution in [2.45, 2.75) is 27.7 Å². The predicted octanol–water partition coefficient (Wildman–Crippen LogP) is 2.78. The summed E-state index contributed by atoms with van der Waals surface area (Å²) in [7, 11) is 0. The molecule has 0 aliphatic rings. The van der Waals surface area contributed by atoms with E-state index in [-0.39, 0.29) is 0 Å². The van der Waals surface area contributed by atoms with Crippen LogP contribution in [-0.2, 0) is 0 Å². The van der Waals surface area contributed by atoms with Gasteiger partial charge in [-0.15, -0.1) is 5.26 Å². The maximum absolute atomic E-state index is 8.46. The summed E-state index contributed by atoms with van der Waals surface area (Å²) in [6, 6.07) is 2.04. The second kappa shape index (κ2) is 3.49. The molecule has 0 atom stereocenters. The van der Waals surface area contributed by atoms with E-state index in [1.165, 1.54) is 11.1 Å². The Morgan fingerprint density at radius 1 is 1.08 bits per heavy atom. The first-order chi connectivity index (χ1) is 6.07. The maximum Gasteiger partial charge on any atom is 0.292 e. The summed E-state index contributed by atoms with van der Waals surface area (Å²) in [6.07, 6.45) is 1.71. The number of ether oxygens (including phenoxy) is 1. The summed E-state index contributed by atoms with van der Waals surface area (Å²) < 4.78 is 4.91. The second-order valence-corrected chi connectivity index (χ2v) is 3.28. The van der Waals surface area contributed by atoms with Gasteiger partial charge >= 0.3 is 0 Å². The van der Waals surface area contributed by atoms with Gasteiger partial charge in [-0.05, 0) is 49.9 Å². The SMILES string of the molecule is Cc1cc(C)c(OC#N)c(C)c1C. The zero-order valence-corrected chi connectivity index (χ0v) is 8.43. The Morgan fingerprint density at radius 2 is 1.69 bits per heavy atom. The monoisotopic (exact) mass is 175 g/mol. The van der Waals surface area contributed by atoms with Crippen LogP contribution in [0.2, 0.25) is 0 Å². The largest absolute Gasteiger partial charge is 0.387 e. The molecule has 68 valence electrons. The molecule has 0 heterocycles. The van der Waals surface area contributed by atoms with Gasteiger partial charge in [0.1, 0.15) is 5.75 Å². The van der Waals surface area contributed by atoms with Gasteiger partial charge in [0.15, 0.2) is 0 Å². The molecule has 1 aromatic carbocycles. The molecule has 0 spiro atoms. The number of rotatable bonds is 1. The van der Waals surface area contributed by atoms with Crippen LogP contribution in [0.4, 0.5) is 0 Å². The summed E-state index contributed by atoms with van der Waals surface area (Å²) in [6.45, 7) is 8.02. The highest BCUT2D eigenvalue weighted by molar-refractivity contribution is 5.48. The number of aryl methyl sites for hydroxylation is 2. The number of hydrogen-bond acceptors (Lipinski definition) is 2. The molecule has 0 amide bonds. The van der Waals surface area contributed by atoms with Crippen LogP contribution in [0.25, 0.3) is 0 Å². The molecule has 13 heavy (non-hydrogen) atoms. The van der Waals surface area contributed by atoms with E-state index in [9.17, 15) is 0 Å². The van der Waals surface area contributed by atoms with E-state index in [0.717, 1.165) is 11.1 Å². The first kappa shape index (κ1) is 9.60. The summed E-state index contributed by atoms with van der Waals surface area (Å²) in [5.74, 6) is 0.700. The first-order valence-electron chi connectivity index (χ1n) is 4.21. The summed E-state index contributed by atoms with van der Waals surface area (Å²) in [5, 5.41) is 8.46. The Bertz CT molecular complexity index is 375. The molecule has 1 aromatic rings. The molecule has 0 unspecified atom stereocenters. The first-order valence-corrected chi connectivity index (χ1v) is 4.21. The Labute approximate surface area is 78.8 Å². The van der Waals surface area contributed by atoms with Gasteiger partial charge in [-0.2, -0.15) is 0 Å². The molecule has 0 aliphatic carbocycles. The highest BCUT2D eigenvalue weighted by Crippen LogP contribution is 2.27. The van der Waals surface area contributed by atoms with Gasteiger partial charge in [-0.3, -0.25) is 0 Å². The van der Waals surface area contributed by atoms with Gasteiger partial charge in [0.05, 0.1) is 0 Å². The van der Waals surface area contributed by atoms with Gasteiger partial charge in [0, 0.05) is 0 Å². The Balaban J connectivity index is 3.36. The summed E-state index contributed by atoms with van der Waals surface area (Å²) in [5.41, 5.74) is 4.50.